The lowest BCUT2D eigenvalue weighted by atomic mass is 10.1. The molecule has 0 N–H and O–H groups in total. The van der Waals surface area contributed by atoms with Gasteiger partial charge in [0.1, 0.15) is 5.82 Å². The van der Waals surface area contributed by atoms with Crippen molar-refractivity contribution in [1.82, 2.24) is 34.3 Å². The molecule has 4 aromatic rings. The quantitative estimate of drug-likeness (QED) is 0.549. The fraction of sp³-hybridized carbons (Fsp3) is 0.250. The molecule has 1 aliphatic heterocycles. The molecule has 1 aliphatic rings. The third-order valence-corrected chi connectivity index (χ3v) is 5.04. The lowest BCUT2D eigenvalue weighted by Gasteiger charge is -2.32. The summed E-state index contributed by atoms with van der Waals surface area (Å²) in [5.41, 5.74) is 2.24. The van der Waals surface area contributed by atoms with Gasteiger partial charge in [-0.3, -0.25) is 4.79 Å². The number of amides is 1. The minimum absolute atomic E-state index is 0.0940. The molecule has 4 heterocycles. The van der Waals surface area contributed by atoms with Crippen LogP contribution in [-0.4, -0.2) is 46.7 Å². The summed E-state index contributed by atoms with van der Waals surface area (Å²) in [5, 5.41) is 13.1. The highest BCUT2D eigenvalue weighted by molar-refractivity contribution is 5.93. The van der Waals surface area contributed by atoms with Crippen LogP contribution < -0.4 is 0 Å². The van der Waals surface area contributed by atoms with E-state index in [1.165, 1.54) is 5.56 Å². The predicted octanol–water partition coefficient (Wildman–Crippen LogP) is 2.13. The van der Waals surface area contributed by atoms with Gasteiger partial charge in [-0.15, -0.1) is 10.2 Å². The first kappa shape index (κ1) is 16.6. The van der Waals surface area contributed by atoms with Gasteiger partial charge in [0.15, 0.2) is 17.2 Å². The van der Waals surface area contributed by atoms with Gasteiger partial charge in [-0.1, -0.05) is 30.3 Å². The summed E-state index contributed by atoms with van der Waals surface area (Å²) in [6.07, 6.45) is 4.19. The van der Waals surface area contributed by atoms with Crippen molar-refractivity contribution in [3.8, 4) is 0 Å². The van der Waals surface area contributed by atoms with Crippen molar-refractivity contribution in [1.29, 1.82) is 0 Å². The Morgan fingerprint density at radius 2 is 2.04 bits per heavy atom. The average molecular weight is 373 g/mol. The fourth-order valence-corrected chi connectivity index (χ4v) is 3.76. The van der Waals surface area contributed by atoms with Crippen molar-refractivity contribution < 1.29 is 4.79 Å². The first-order chi connectivity index (χ1) is 13.7. The molecule has 8 heteroatoms. The van der Waals surface area contributed by atoms with E-state index in [0.717, 1.165) is 18.1 Å². The van der Waals surface area contributed by atoms with E-state index in [1.807, 2.05) is 18.2 Å². The van der Waals surface area contributed by atoms with Gasteiger partial charge in [0.2, 0.25) is 0 Å². The van der Waals surface area contributed by atoms with Crippen LogP contribution in [0.3, 0.4) is 0 Å². The number of carbonyl (C=O) groups is 1. The summed E-state index contributed by atoms with van der Waals surface area (Å²) in [4.78, 5) is 19.0. The number of carbonyl (C=O) groups excluding carboxylic acids is 1. The molecule has 1 aromatic carbocycles. The summed E-state index contributed by atoms with van der Waals surface area (Å²) in [7, 11) is 0. The maximum atomic E-state index is 13.0. The standard InChI is InChI=1S/C20H19N7O/c1-14-12-25(20(28)16-11-17-21-8-5-9-26(17)24-16)13-19-23-22-18(27(14)19)10-15-6-3-2-4-7-15/h2-9,11,14H,10,12-13H2,1H3/t14-/m0/s1. The van der Waals surface area contributed by atoms with E-state index in [-0.39, 0.29) is 11.9 Å². The zero-order valence-corrected chi connectivity index (χ0v) is 15.4. The molecule has 0 saturated heterocycles. The first-order valence-electron chi connectivity index (χ1n) is 9.25. The Bertz CT molecular complexity index is 1110. The van der Waals surface area contributed by atoms with E-state index < -0.39 is 0 Å². The number of hydrogen-bond donors (Lipinski definition) is 0. The third-order valence-electron chi connectivity index (χ3n) is 5.04. The molecule has 3 aromatic heterocycles. The molecule has 8 nitrogen and oxygen atoms in total. The zero-order chi connectivity index (χ0) is 19.1. The minimum atomic E-state index is -0.115. The van der Waals surface area contributed by atoms with Gasteiger partial charge in [0.05, 0.1) is 12.6 Å². The molecule has 5 rings (SSSR count). The molecule has 0 bridgehead atoms. The minimum Gasteiger partial charge on any atom is -0.328 e. The van der Waals surface area contributed by atoms with Crippen molar-refractivity contribution in [3.05, 3.63) is 77.8 Å². The molecule has 0 saturated carbocycles. The van der Waals surface area contributed by atoms with Crippen molar-refractivity contribution in [2.45, 2.75) is 25.9 Å². The van der Waals surface area contributed by atoms with Gasteiger partial charge < -0.3 is 9.47 Å². The number of fused-ring (bicyclic) bond motifs is 2. The highest BCUT2D eigenvalue weighted by Gasteiger charge is 2.30. The molecular formula is C20H19N7O. The lowest BCUT2D eigenvalue weighted by molar-refractivity contribution is 0.0673. The fourth-order valence-electron chi connectivity index (χ4n) is 3.76. The van der Waals surface area contributed by atoms with Gasteiger partial charge in [-0.2, -0.15) is 5.10 Å². The number of rotatable bonds is 3. The van der Waals surface area contributed by atoms with Crippen LogP contribution in [-0.2, 0) is 13.0 Å². The van der Waals surface area contributed by atoms with E-state index >= 15 is 0 Å². The highest BCUT2D eigenvalue weighted by atomic mass is 16.2. The number of aromatic nitrogens is 6. The Hall–Kier alpha value is -3.55. The Morgan fingerprint density at radius 3 is 2.86 bits per heavy atom. The van der Waals surface area contributed by atoms with Crippen LogP contribution in [0.15, 0.2) is 54.9 Å². The molecule has 0 spiro atoms. The summed E-state index contributed by atoms with van der Waals surface area (Å²) >= 11 is 0. The number of hydrogen-bond acceptors (Lipinski definition) is 5. The van der Waals surface area contributed by atoms with Crippen LogP contribution in [0, 0.1) is 0 Å². The lowest BCUT2D eigenvalue weighted by Crippen LogP contribution is -2.41. The molecule has 1 atom stereocenters. The number of benzene rings is 1. The second-order valence-electron chi connectivity index (χ2n) is 7.05. The molecule has 140 valence electrons. The zero-order valence-electron chi connectivity index (χ0n) is 15.4. The van der Waals surface area contributed by atoms with E-state index in [1.54, 1.807) is 33.9 Å². The predicted molar refractivity (Wildman–Crippen MR) is 102 cm³/mol. The van der Waals surface area contributed by atoms with Crippen molar-refractivity contribution in [2.24, 2.45) is 0 Å². The summed E-state index contributed by atoms with van der Waals surface area (Å²) < 4.78 is 3.77. The molecule has 0 fully saturated rings. The topological polar surface area (TPSA) is 81.2 Å². The van der Waals surface area contributed by atoms with Crippen LogP contribution in [0.4, 0.5) is 0 Å². The van der Waals surface area contributed by atoms with Gasteiger partial charge >= 0.3 is 0 Å². The third kappa shape index (κ3) is 2.83. The van der Waals surface area contributed by atoms with Gasteiger partial charge in [0.25, 0.3) is 5.91 Å². The second-order valence-corrected chi connectivity index (χ2v) is 7.05. The molecule has 0 aliphatic carbocycles. The summed E-state index contributed by atoms with van der Waals surface area (Å²) in [5.74, 6) is 1.62. The Labute approximate surface area is 161 Å². The highest BCUT2D eigenvalue weighted by Crippen LogP contribution is 2.24. The van der Waals surface area contributed by atoms with E-state index in [2.05, 4.69) is 43.9 Å². The van der Waals surface area contributed by atoms with Crippen molar-refractivity contribution in [3.63, 3.8) is 0 Å². The molecule has 0 radical (unpaired) electrons. The van der Waals surface area contributed by atoms with Crippen LogP contribution in [0.2, 0.25) is 0 Å². The molecular weight excluding hydrogens is 354 g/mol. The first-order valence-corrected chi connectivity index (χ1v) is 9.25. The second kappa shape index (κ2) is 6.56. The molecule has 28 heavy (non-hydrogen) atoms. The van der Waals surface area contributed by atoms with Crippen LogP contribution in [0.1, 0.15) is 40.7 Å². The van der Waals surface area contributed by atoms with Crippen LogP contribution in [0.25, 0.3) is 5.65 Å². The smallest absolute Gasteiger partial charge is 0.274 e. The maximum Gasteiger partial charge on any atom is 0.274 e. The SMILES string of the molecule is C[C@H]1CN(C(=O)c2cc3ncccn3n2)Cc2nnc(Cc3ccccc3)n21. The molecule has 1 amide bonds. The van der Waals surface area contributed by atoms with Gasteiger partial charge in [-0.05, 0) is 18.6 Å². The van der Waals surface area contributed by atoms with Crippen molar-refractivity contribution in [2.75, 3.05) is 6.54 Å². The largest absolute Gasteiger partial charge is 0.328 e. The van der Waals surface area contributed by atoms with E-state index in [4.69, 9.17) is 0 Å². The Morgan fingerprint density at radius 1 is 1.18 bits per heavy atom. The molecule has 0 unspecified atom stereocenters. The normalized spacial score (nSPS) is 16.3. The van der Waals surface area contributed by atoms with Crippen molar-refractivity contribution >= 4 is 11.6 Å². The van der Waals surface area contributed by atoms with Gasteiger partial charge in [-0.25, -0.2) is 9.50 Å². The van der Waals surface area contributed by atoms with E-state index in [0.29, 0.717) is 24.4 Å². The monoisotopic (exact) mass is 373 g/mol. The van der Waals surface area contributed by atoms with Crippen LogP contribution in [0.5, 0.6) is 0 Å². The van der Waals surface area contributed by atoms with Crippen LogP contribution >= 0.6 is 0 Å². The Balaban J connectivity index is 1.40. The average Bonchev–Trinajstić information content (AvgIpc) is 3.32. The van der Waals surface area contributed by atoms with Gasteiger partial charge in [0, 0.05) is 31.4 Å². The summed E-state index contributed by atoms with van der Waals surface area (Å²) in [6.45, 7) is 3.10. The summed E-state index contributed by atoms with van der Waals surface area (Å²) in [6, 6.07) is 13.8. The maximum absolute atomic E-state index is 13.0. The number of nitrogens with zero attached hydrogens (tertiary/aromatic N) is 7. The Kier molecular flexibility index (Phi) is 3.89. The van der Waals surface area contributed by atoms with E-state index in [9.17, 15) is 4.79 Å².